The third-order valence-corrected chi connectivity index (χ3v) is 3.16. The highest BCUT2D eigenvalue weighted by Gasteiger charge is 2.44. The Bertz CT molecular complexity index is 279. The van der Waals surface area contributed by atoms with Crippen molar-refractivity contribution in [2.75, 3.05) is 19.6 Å². The van der Waals surface area contributed by atoms with E-state index in [1.807, 2.05) is 0 Å². The van der Waals surface area contributed by atoms with Crippen molar-refractivity contribution in [3.63, 3.8) is 0 Å². The van der Waals surface area contributed by atoms with Gasteiger partial charge in [-0.25, -0.2) is 0 Å². The first-order chi connectivity index (χ1) is 6.27. The first-order valence-corrected chi connectivity index (χ1v) is 4.69. The summed E-state index contributed by atoms with van der Waals surface area (Å²) in [4.78, 5) is 5.27. The normalized spacial score (nSPS) is 33.1. The van der Waals surface area contributed by atoms with Crippen LogP contribution in [0.5, 0.6) is 0 Å². The smallest absolute Gasteiger partial charge is 0.0446 e. The van der Waals surface area contributed by atoms with Gasteiger partial charge in [-0.15, -0.1) is 0 Å². The van der Waals surface area contributed by atoms with Crippen LogP contribution in [0.1, 0.15) is 19.3 Å². The molecule has 0 saturated carbocycles. The van der Waals surface area contributed by atoms with Crippen LogP contribution in [0.4, 0.5) is 0 Å². The Morgan fingerprint density at radius 2 is 2.54 bits per heavy atom. The van der Waals surface area contributed by atoms with Crippen LogP contribution in [0.3, 0.4) is 0 Å². The standard InChI is InChI=1S/C9H14N4/c1-8-5-9(7-11-12-10)3-2-4-13(9)6-8/h1-7H2. The zero-order valence-electron chi connectivity index (χ0n) is 7.74. The molecule has 0 N–H and O–H groups in total. The predicted molar refractivity (Wildman–Crippen MR) is 51.3 cm³/mol. The second kappa shape index (κ2) is 3.05. The molecule has 1 atom stereocenters. The molecule has 0 aliphatic carbocycles. The highest BCUT2D eigenvalue weighted by atomic mass is 15.3. The Morgan fingerprint density at radius 3 is 3.31 bits per heavy atom. The Kier molecular flexibility index (Phi) is 2.02. The summed E-state index contributed by atoms with van der Waals surface area (Å²) in [7, 11) is 0. The van der Waals surface area contributed by atoms with E-state index >= 15 is 0 Å². The summed E-state index contributed by atoms with van der Waals surface area (Å²) in [5.41, 5.74) is 9.75. The fraction of sp³-hybridized carbons (Fsp3) is 0.778. The van der Waals surface area contributed by atoms with Gasteiger partial charge in [-0.3, -0.25) is 4.90 Å². The number of fused-ring (bicyclic) bond motifs is 1. The highest BCUT2D eigenvalue weighted by Crippen LogP contribution is 2.40. The van der Waals surface area contributed by atoms with E-state index in [2.05, 4.69) is 21.5 Å². The van der Waals surface area contributed by atoms with Crippen molar-refractivity contribution in [2.24, 2.45) is 5.11 Å². The molecule has 0 aromatic carbocycles. The Labute approximate surface area is 77.9 Å². The lowest BCUT2D eigenvalue weighted by Gasteiger charge is -2.29. The van der Waals surface area contributed by atoms with Gasteiger partial charge in [0.15, 0.2) is 0 Å². The van der Waals surface area contributed by atoms with Gasteiger partial charge in [0.2, 0.25) is 0 Å². The molecule has 2 fully saturated rings. The summed E-state index contributed by atoms with van der Waals surface area (Å²) < 4.78 is 0. The molecule has 1 unspecified atom stereocenters. The summed E-state index contributed by atoms with van der Waals surface area (Å²) in [6.07, 6.45) is 3.41. The molecule has 13 heavy (non-hydrogen) atoms. The number of azide groups is 1. The molecule has 0 radical (unpaired) electrons. The fourth-order valence-corrected chi connectivity index (χ4v) is 2.63. The molecule has 2 rings (SSSR count). The van der Waals surface area contributed by atoms with Crippen molar-refractivity contribution in [1.29, 1.82) is 0 Å². The predicted octanol–water partition coefficient (Wildman–Crippen LogP) is 2.09. The average molecular weight is 178 g/mol. The van der Waals surface area contributed by atoms with E-state index in [-0.39, 0.29) is 5.54 Å². The molecule has 2 aliphatic rings. The van der Waals surface area contributed by atoms with Crippen molar-refractivity contribution in [1.82, 2.24) is 4.90 Å². The van der Waals surface area contributed by atoms with Crippen LogP contribution in [0, 0.1) is 0 Å². The van der Waals surface area contributed by atoms with Crippen LogP contribution in [-0.4, -0.2) is 30.1 Å². The van der Waals surface area contributed by atoms with E-state index in [1.54, 1.807) is 0 Å². The maximum Gasteiger partial charge on any atom is 0.0446 e. The molecule has 0 bridgehead atoms. The molecular formula is C9H14N4. The van der Waals surface area contributed by atoms with Crippen LogP contribution < -0.4 is 0 Å². The van der Waals surface area contributed by atoms with Crippen molar-refractivity contribution >= 4 is 0 Å². The SMILES string of the molecule is C=C1CN2CCCC2(CN=[N+]=[N-])C1. The minimum absolute atomic E-state index is 0.142. The summed E-state index contributed by atoms with van der Waals surface area (Å²) in [6.45, 7) is 6.77. The lowest BCUT2D eigenvalue weighted by molar-refractivity contribution is 0.204. The molecule has 0 amide bonds. The number of nitrogens with zero attached hydrogens (tertiary/aromatic N) is 4. The molecule has 4 heteroatoms. The highest BCUT2D eigenvalue weighted by molar-refractivity contribution is 5.18. The summed E-state index contributed by atoms with van der Waals surface area (Å²) in [5.74, 6) is 0. The van der Waals surface area contributed by atoms with E-state index < -0.39 is 0 Å². The van der Waals surface area contributed by atoms with Crippen molar-refractivity contribution in [2.45, 2.75) is 24.8 Å². The first-order valence-electron chi connectivity index (χ1n) is 4.69. The van der Waals surface area contributed by atoms with E-state index in [9.17, 15) is 0 Å². The summed E-state index contributed by atoms with van der Waals surface area (Å²) in [6, 6.07) is 0. The van der Waals surface area contributed by atoms with Gasteiger partial charge in [0, 0.05) is 23.5 Å². The number of rotatable bonds is 2. The monoisotopic (exact) mass is 178 g/mol. The third-order valence-electron chi connectivity index (χ3n) is 3.16. The summed E-state index contributed by atoms with van der Waals surface area (Å²) in [5, 5.41) is 3.72. The molecular weight excluding hydrogens is 164 g/mol. The Morgan fingerprint density at radius 1 is 1.69 bits per heavy atom. The topological polar surface area (TPSA) is 52.0 Å². The average Bonchev–Trinajstić information content (AvgIpc) is 2.57. The van der Waals surface area contributed by atoms with Crippen molar-refractivity contribution < 1.29 is 0 Å². The maximum atomic E-state index is 8.33. The van der Waals surface area contributed by atoms with Gasteiger partial charge in [0.25, 0.3) is 0 Å². The molecule has 70 valence electrons. The molecule has 4 nitrogen and oxygen atoms in total. The van der Waals surface area contributed by atoms with Gasteiger partial charge < -0.3 is 0 Å². The molecule has 2 saturated heterocycles. The maximum absolute atomic E-state index is 8.33. The van der Waals surface area contributed by atoms with Crippen molar-refractivity contribution in [3.05, 3.63) is 22.6 Å². The van der Waals surface area contributed by atoms with Gasteiger partial charge in [-0.1, -0.05) is 17.3 Å². The molecule has 0 aromatic rings. The Hall–Kier alpha value is -0.990. The van der Waals surface area contributed by atoms with E-state index in [0.29, 0.717) is 6.54 Å². The zero-order valence-corrected chi connectivity index (χ0v) is 7.74. The van der Waals surface area contributed by atoms with Crippen LogP contribution in [0.25, 0.3) is 10.4 Å². The zero-order chi connectivity index (χ0) is 9.31. The van der Waals surface area contributed by atoms with Gasteiger partial charge in [0.05, 0.1) is 0 Å². The van der Waals surface area contributed by atoms with Gasteiger partial charge in [0.1, 0.15) is 0 Å². The minimum atomic E-state index is 0.142. The van der Waals surface area contributed by atoms with Gasteiger partial charge in [-0.05, 0) is 31.3 Å². The van der Waals surface area contributed by atoms with E-state index in [4.69, 9.17) is 5.53 Å². The second-order valence-corrected chi connectivity index (χ2v) is 4.07. The molecule has 0 aromatic heterocycles. The minimum Gasteiger partial charge on any atom is -0.293 e. The lowest BCUT2D eigenvalue weighted by Crippen LogP contribution is -2.40. The second-order valence-electron chi connectivity index (χ2n) is 4.07. The molecule has 2 aliphatic heterocycles. The quantitative estimate of drug-likeness (QED) is 0.276. The van der Waals surface area contributed by atoms with Gasteiger partial charge >= 0.3 is 0 Å². The Balaban J connectivity index is 2.17. The largest absolute Gasteiger partial charge is 0.293 e. The fourth-order valence-electron chi connectivity index (χ4n) is 2.63. The van der Waals surface area contributed by atoms with Crippen LogP contribution in [0.15, 0.2) is 17.3 Å². The number of hydrogen-bond donors (Lipinski definition) is 0. The van der Waals surface area contributed by atoms with Crippen LogP contribution in [0.2, 0.25) is 0 Å². The van der Waals surface area contributed by atoms with E-state index in [0.717, 1.165) is 25.9 Å². The molecule has 0 spiro atoms. The molecule has 2 heterocycles. The lowest BCUT2D eigenvalue weighted by atomic mass is 9.93. The first kappa shape index (κ1) is 8.60. The van der Waals surface area contributed by atoms with Crippen LogP contribution >= 0.6 is 0 Å². The third kappa shape index (κ3) is 1.32. The van der Waals surface area contributed by atoms with E-state index in [1.165, 1.54) is 12.0 Å². The number of hydrogen-bond acceptors (Lipinski definition) is 2. The summed E-state index contributed by atoms with van der Waals surface area (Å²) >= 11 is 0. The van der Waals surface area contributed by atoms with Crippen molar-refractivity contribution in [3.8, 4) is 0 Å². The van der Waals surface area contributed by atoms with Gasteiger partial charge in [-0.2, -0.15) is 0 Å². The van der Waals surface area contributed by atoms with Crippen LogP contribution in [-0.2, 0) is 0 Å².